The first-order chi connectivity index (χ1) is 4.31. The maximum Gasteiger partial charge on any atom is 0.0613 e. The first-order valence-corrected chi connectivity index (χ1v) is 3.63. The molecule has 0 heterocycles. The molecule has 0 aliphatic carbocycles. The molecule has 0 saturated carbocycles. The van der Waals surface area contributed by atoms with E-state index in [9.17, 15) is 0 Å². The molecule has 0 amide bonds. The summed E-state index contributed by atoms with van der Waals surface area (Å²) in [6, 6.07) is 0.411. The standard InChI is InChI=1S/C6H14ClNO/c1-6(5-9-2)8-4-3-7/h6,8H,3-5H2,1-2H3. The summed E-state index contributed by atoms with van der Waals surface area (Å²) < 4.78 is 4.90. The van der Waals surface area contributed by atoms with Crippen molar-refractivity contribution in [3.63, 3.8) is 0 Å². The molecule has 0 aliphatic heterocycles. The van der Waals surface area contributed by atoms with E-state index in [0.29, 0.717) is 11.9 Å². The molecule has 0 aromatic carbocycles. The summed E-state index contributed by atoms with van der Waals surface area (Å²) >= 11 is 5.44. The fourth-order valence-electron chi connectivity index (χ4n) is 0.610. The molecule has 0 spiro atoms. The first kappa shape index (κ1) is 9.21. The number of rotatable bonds is 5. The van der Waals surface area contributed by atoms with Gasteiger partial charge in [0.05, 0.1) is 6.61 Å². The van der Waals surface area contributed by atoms with Gasteiger partial charge in [-0.3, -0.25) is 0 Å². The zero-order chi connectivity index (χ0) is 7.11. The Kier molecular flexibility index (Phi) is 6.48. The molecular weight excluding hydrogens is 138 g/mol. The molecule has 9 heavy (non-hydrogen) atoms. The highest BCUT2D eigenvalue weighted by Crippen LogP contribution is 1.81. The quantitative estimate of drug-likeness (QED) is 0.589. The molecular formula is C6H14ClNO. The molecule has 3 heteroatoms. The van der Waals surface area contributed by atoms with E-state index in [4.69, 9.17) is 16.3 Å². The number of halogens is 1. The molecule has 0 bridgehead atoms. The summed E-state index contributed by atoms with van der Waals surface area (Å²) in [5, 5.41) is 3.18. The number of hydrogen-bond donors (Lipinski definition) is 1. The van der Waals surface area contributed by atoms with Gasteiger partial charge in [-0.25, -0.2) is 0 Å². The highest BCUT2D eigenvalue weighted by molar-refractivity contribution is 6.18. The molecule has 56 valence electrons. The van der Waals surface area contributed by atoms with Gasteiger partial charge in [-0.15, -0.1) is 11.6 Å². The lowest BCUT2D eigenvalue weighted by Crippen LogP contribution is -2.31. The fourth-order valence-corrected chi connectivity index (χ4v) is 0.719. The summed E-state index contributed by atoms with van der Waals surface area (Å²) in [6.45, 7) is 3.67. The second-order valence-corrected chi connectivity index (χ2v) is 2.38. The van der Waals surface area contributed by atoms with Crippen LogP contribution in [0.3, 0.4) is 0 Å². The molecule has 0 rings (SSSR count). The maximum atomic E-state index is 5.44. The highest BCUT2D eigenvalue weighted by atomic mass is 35.5. The smallest absolute Gasteiger partial charge is 0.0613 e. The summed E-state index contributed by atoms with van der Waals surface area (Å²) in [4.78, 5) is 0. The number of alkyl halides is 1. The van der Waals surface area contributed by atoms with Crippen molar-refractivity contribution in [3.05, 3.63) is 0 Å². The van der Waals surface area contributed by atoms with Crippen LogP contribution in [0, 0.1) is 0 Å². The summed E-state index contributed by atoms with van der Waals surface area (Å²) in [7, 11) is 1.69. The van der Waals surface area contributed by atoms with Crippen molar-refractivity contribution in [2.45, 2.75) is 13.0 Å². The van der Waals surface area contributed by atoms with E-state index in [2.05, 4.69) is 12.2 Å². The van der Waals surface area contributed by atoms with Crippen LogP contribution in [0.1, 0.15) is 6.92 Å². The number of ether oxygens (including phenoxy) is 1. The predicted molar refractivity (Wildman–Crippen MR) is 40.1 cm³/mol. The number of hydrogen-bond acceptors (Lipinski definition) is 2. The second kappa shape index (κ2) is 6.33. The van der Waals surface area contributed by atoms with Crippen LogP contribution in [0.25, 0.3) is 0 Å². The summed E-state index contributed by atoms with van der Waals surface area (Å²) in [5.41, 5.74) is 0. The fraction of sp³-hybridized carbons (Fsp3) is 1.00. The monoisotopic (exact) mass is 151 g/mol. The van der Waals surface area contributed by atoms with E-state index in [0.717, 1.165) is 13.2 Å². The Bertz CT molecular complexity index is 61.0. The Morgan fingerprint density at radius 1 is 1.67 bits per heavy atom. The molecule has 0 aromatic rings. The molecule has 0 saturated heterocycles. The molecule has 0 fully saturated rings. The van der Waals surface area contributed by atoms with Gasteiger partial charge < -0.3 is 10.1 Å². The zero-order valence-corrected chi connectivity index (χ0v) is 6.74. The number of methoxy groups -OCH3 is 1. The Hall–Kier alpha value is 0.210. The third kappa shape index (κ3) is 6.09. The molecule has 0 aliphatic rings. The van der Waals surface area contributed by atoms with Gasteiger partial charge in [0.25, 0.3) is 0 Å². The van der Waals surface area contributed by atoms with Gasteiger partial charge in [0.15, 0.2) is 0 Å². The van der Waals surface area contributed by atoms with E-state index in [-0.39, 0.29) is 0 Å². The number of nitrogens with one attached hydrogen (secondary N) is 1. The Morgan fingerprint density at radius 2 is 2.33 bits per heavy atom. The van der Waals surface area contributed by atoms with Crippen LogP contribution in [0.4, 0.5) is 0 Å². The van der Waals surface area contributed by atoms with Gasteiger partial charge >= 0.3 is 0 Å². The molecule has 1 N–H and O–H groups in total. The maximum absolute atomic E-state index is 5.44. The minimum Gasteiger partial charge on any atom is -0.383 e. The molecule has 1 unspecified atom stereocenters. The third-order valence-electron chi connectivity index (χ3n) is 1.00. The normalized spacial score (nSPS) is 13.7. The van der Waals surface area contributed by atoms with Crippen molar-refractivity contribution < 1.29 is 4.74 Å². The highest BCUT2D eigenvalue weighted by Gasteiger charge is 1.96. The van der Waals surface area contributed by atoms with Crippen molar-refractivity contribution in [2.24, 2.45) is 0 Å². The molecule has 2 nitrogen and oxygen atoms in total. The van der Waals surface area contributed by atoms with E-state index < -0.39 is 0 Å². The minimum absolute atomic E-state index is 0.411. The molecule has 0 radical (unpaired) electrons. The van der Waals surface area contributed by atoms with Crippen LogP contribution in [0.15, 0.2) is 0 Å². The van der Waals surface area contributed by atoms with Crippen molar-refractivity contribution in [1.29, 1.82) is 0 Å². The van der Waals surface area contributed by atoms with E-state index in [1.165, 1.54) is 0 Å². The zero-order valence-electron chi connectivity index (χ0n) is 5.98. The van der Waals surface area contributed by atoms with Crippen LogP contribution in [-0.4, -0.2) is 32.2 Å². The Labute approximate surface area is 61.5 Å². The largest absolute Gasteiger partial charge is 0.383 e. The van der Waals surface area contributed by atoms with E-state index >= 15 is 0 Å². The van der Waals surface area contributed by atoms with Crippen molar-refractivity contribution >= 4 is 11.6 Å². The van der Waals surface area contributed by atoms with Crippen LogP contribution < -0.4 is 5.32 Å². The van der Waals surface area contributed by atoms with Crippen molar-refractivity contribution in [1.82, 2.24) is 5.32 Å². The van der Waals surface area contributed by atoms with Crippen LogP contribution in [0.5, 0.6) is 0 Å². The Morgan fingerprint density at radius 3 is 2.78 bits per heavy atom. The second-order valence-electron chi connectivity index (χ2n) is 2.00. The lowest BCUT2D eigenvalue weighted by molar-refractivity contribution is 0.173. The average molecular weight is 152 g/mol. The van der Waals surface area contributed by atoms with Gasteiger partial charge in [-0.1, -0.05) is 0 Å². The molecule has 0 aromatic heterocycles. The summed E-state index contributed by atoms with van der Waals surface area (Å²) in [5.74, 6) is 0.661. The Balaban J connectivity index is 2.95. The van der Waals surface area contributed by atoms with Crippen LogP contribution in [0.2, 0.25) is 0 Å². The van der Waals surface area contributed by atoms with Gasteiger partial charge in [-0.2, -0.15) is 0 Å². The van der Waals surface area contributed by atoms with Gasteiger partial charge in [0.2, 0.25) is 0 Å². The third-order valence-corrected chi connectivity index (χ3v) is 1.19. The molecule has 1 atom stereocenters. The topological polar surface area (TPSA) is 21.3 Å². The van der Waals surface area contributed by atoms with E-state index in [1.54, 1.807) is 7.11 Å². The van der Waals surface area contributed by atoms with Gasteiger partial charge in [0.1, 0.15) is 0 Å². The lowest BCUT2D eigenvalue weighted by atomic mass is 10.4. The summed E-state index contributed by atoms with van der Waals surface area (Å²) in [6.07, 6.45) is 0. The average Bonchev–Trinajstić information content (AvgIpc) is 1.85. The van der Waals surface area contributed by atoms with Crippen LogP contribution in [-0.2, 0) is 4.74 Å². The minimum atomic E-state index is 0.411. The van der Waals surface area contributed by atoms with Crippen molar-refractivity contribution in [3.8, 4) is 0 Å². The SMILES string of the molecule is COCC(C)NCCCl. The predicted octanol–water partition coefficient (Wildman–Crippen LogP) is 0.850. The lowest BCUT2D eigenvalue weighted by Gasteiger charge is -2.10. The van der Waals surface area contributed by atoms with E-state index in [1.807, 2.05) is 0 Å². The van der Waals surface area contributed by atoms with Gasteiger partial charge in [0, 0.05) is 25.6 Å². The first-order valence-electron chi connectivity index (χ1n) is 3.09. The van der Waals surface area contributed by atoms with Crippen LogP contribution >= 0.6 is 11.6 Å². The van der Waals surface area contributed by atoms with Gasteiger partial charge in [-0.05, 0) is 6.92 Å². The van der Waals surface area contributed by atoms with Crippen molar-refractivity contribution in [2.75, 3.05) is 26.1 Å².